The van der Waals surface area contributed by atoms with E-state index in [1.165, 1.54) is 39.9 Å². The minimum absolute atomic E-state index is 0.0165. The molecule has 0 aliphatic carbocycles. The van der Waals surface area contributed by atoms with Gasteiger partial charge in [0.25, 0.3) is 0 Å². The Morgan fingerprint density at radius 1 is 1.03 bits per heavy atom. The standard InChI is InChI=1S/C20H19Cl2N3O5S3/c1-32(27,28)13-2-4-14(5-3-13)33(29,30)25-10-8-12(9-11-25)19(26)24-20-23-18-16(31-20)7-6-15(21)17(18)22/h2-7,12H,8-11H2,1H3,(H,23,24,26). The van der Waals surface area contributed by atoms with E-state index in [4.69, 9.17) is 23.2 Å². The van der Waals surface area contributed by atoms with Gasteiger partial charge in [-0.2, -0.15) is 4.31 Å². The summed E-state index contributed by atoms with van der Waals surface area (Å²) in [5, 5.41) is 3.91. The highest BCUT2D eigenvalue weighted by Gasteiger charge is 2.32. The number of sulfone groups is 1. The van der Waals surface area contributed by atoms with Crippen molar-refractivity contribution < 1.29 is 21.6 Å². The topological polar surface area (TPSA) is 114 Å². The zero-order valence-corrected chi connectivity index (χ0v) is 21.2. The Balaban J connectivity index is 1.41. The lowest BCUT2D eigenvalue weighted by atomic mass is 9.97. The van der Waals surface area contributed by atoms with Crippen LogP contribution in [0.4, 0.5) is 5.13 Å². The number of anilines is 1. The van der Waals surface area contributed by atoms with Gasteiger partial charge < -0.3 is 5.32 Å². The summed E-state index contributed by atoms with van der Waals surface area (Å²) in [5.41, 5.74) is 0.521. The molecule has 1 N–H and O–H groups in total. The first-order valence-corrected chi connectivity index (χ1v) is 14.7. The molecule has 0 radical (unpaired) electrons. The van der Waals surface area contributed by atoms with Gasteiger partial charge in [0.15, 0.2) is 15.0 Å². The Bertz CT molecular complexity index is 1430. The fourth-order valence-corrected chi connectivity index (χ4v) is 6.96. The first-order valence-electron chi connectivity index (χ1n) is 9.82. The van der Waals surface area contributed by atoms with Crippen molar-refractivity contribution >= 4 is 75.7 Å². The van der Waals surface area contributed by atoms with Crippen LogP contribution in [0.2, 0.25) is 10.0 Å². The van der Waals surface area contributed by atoms with E-state index < -0.39 is 19.9 Å². The molecule has 0 spiro atoms. The van der Waals surface area contributed by atoms with Gasteiger partial charge in [0.05, 0.1) is 24.5 Å². The number of sulfonamides is 1. The number of nitrogens with zero attached hydrogens (tertiary/aromatic N) is 2. The van der Waals surface area contributed by atoms with Gasteiger partial charge in [-0.1, -0.05) is 34.5 Å². The maximum absolute atomic E-state index is 12.9. The molecule has 0 bridgehead atoms. The second-order valence-electron chi connectivity index (χ2n) is 7.64. The molecule has 13 heteroatoms. The molecule has 3 aromatic rings. The van der Waals surface area contributed by atoms with Gasteiger partial charge in [-0.05, 0) is 49.2 Å². The summed E-state index contributed by atoms with van der Waals surface area (Å²) in [7, 11) is -7.21. The van der Waals surface area contributed by atoms with Crippen LogP contribution in [-0.2, 0) is 24.7 Å². The lowest BCUT2D eigenvalue weighted by Gasteiger charge is -2.30. The Labute approximate surface area is 205 Å². The lowest BCUT2D eigenvalue weighted by molar-refractivity contribution is -0.120. The average molecular weight is 548 g/mol. The molecule has 2 heterocycles. The van der Waals surface area contributed by atoms with Crippen LogP contribution in [0.3, 0.4) is 0 Å². The van der Waals surface area contributed by atoms with Crippen LogP contribution >= 0.6 is 34.5 Å². The first-order chi connectivity index (χ1) is 15.5. The highest BCUT2D eigenvalue weighted by atomic mass is 35.5. The van der Waals surface area contributed by atoms with Crippen LogP contribution in [0.5, 0.6) is 0 Å². The number of thiazole rings is 1. The van der Waals surface area contributed by atoms with Gasteiger partial charge in [-0.3, -0.25) is 4.79 Å². The Kier molecular flexibility index (Phi) is 6.74. The smallest absolute Gasteiger partial charge is 0.243 e. The van der Waals surface area contributed by atoms with Gasteiger partial charge in [0, 0.05) is 25.3 Å². The van der Waals surface area contributed by atoms with Crippen LogP contribution in [0.15, 0.2) is 46.2 Å². The normalized spacial score (nSPS) is 16.2. The number of amides is 1. The molecule has 0 atom stereocenters. The van der Waals surface area contributed by atoms with Crippen molar-refractivity contribution in [3.8, 4) is 0 Å². The summed E-state index contributed by atoms with van der Waals surface area (Å²) < 4.78 is 51.1. The zero-order valence-electron chi connectivity index (χ0n) is 17.3. The third-order valence-corrected chi connectivity index (χ3v) is 10.2. The molecule has 0 saturated carbocycles. The molecule has 0 unspecified atom stereocenters. The van der Waals surface area contributed by atoms with E-state index >= 15 is 0 Å². The van der Waals surface area contributed by atoms with Crippen molar-refractivity contribution in [1.29, 1.82) is 0 Å². The molecule has 1 fully saturated rings. The van der Waals surface area contributed by atoms with Gasteiger partial charge in [-0.25, -0.2) is 21.8 Å². The minimum atomic E-state index is -3.79. The van der Waals surface area contributed by atoms with Gasteiger partial charge in [-0.15, -0.1) is 0 Å². The fraction of sp³-hybridized carbons (Fsp3) is 0.300. The number of fused-ring (bicyclic) bond motifs is 1. The number of aromatic nitrogens is 1. The van der Waals surface area contributed by atoms with E-state index in [0.717, 1.165) is 11.0 Å². The molecular weight excluding hydrogens is 529 g/mol. The van der Waals surface area contributed by atoms with E-state index in [-0.39, 0.29) is 34.7 Å². The van der Waals surface area contributed by atoms with Crippen LogP contribution in [0, 0.1) is 5.92 Å². The predicted molar refractivity (Wildman–Crippen MR) is 129 cm³/mol. The number of carbonyl (C=O) groups is 1. The predicted octanol–water partition coefficient (Wildman–Crippen LogP) is 4.05. The van der Waals surface area contributed by atoms with E-state index in [9.17, 15) is 21.6 Å². The quantitative estimate of drug-likeness (QED) is 0.515. The molecule has 2 aromatic carbocycles. The number of halogens is 2. The summed E-state index contributed by atoms with van der Waals surface area (Å²) in [4.78, 5) is 17.1. The SMILES string of the molecule is CS(=O)(=O)c1ccc(S(=O)(=O)N2CCC(C(=O)Nc3nc4c(Cl)c(Cl)ccc4s3)CC2)cc1. The van der Waals surface area contributed by atoms with Crippen LogP contribution < -0.4 is 5.32 Å². The maximum Gasteiger partial charge on any atom is 0.243 e. The molecule has 1 amide bonds. The largest absolute Gasteiger partial charge is 0.302 e. The lowest BCUT2D eigenvalue weighted by Crippen LogP contribution is -2.41. The molecular formula is C20H19Cl2N3O5S3. The highest BCUT2D eigenvalue weighted by molar-refractivity contribution is 7.90. The summed E-state index contributed by atoms with van der Waals surface area (Å²) >= 11 is 13.5. The molecule has 1 saturated heterocycles. The Hall–Kier alpha value is -1.76. The molecule has 1 aliphatic heterocycles. The summed E-state index contributed by atoms with van der Waals surface area (Å²) in [6.45, 7) is 0.352. The van der Waals surface area contributed by atoms with Crippen LogP contribution in [0.1, 0.15) is 12.8 Å². The third-order valence-electron chi connectivity index (χ3n) is 5.40. The van der Waals surface area contributed by atoms with Crippen molar-refractivity contribution in [3.05, 3.63) is 46.4 Å². The second kappa shape index (κ2) is 9.12. The van der Waals surface area contributed by atoms with Gasteiger partial charge >= 0.3 is 0 Å². The van der Waals surface area contributed by atoms with Gasteiger partial charge in [0.1, 0.15) is 5.52 Å². The molecule has 1 aliphatic rings. The van der Waals surface area contributed by atoms with Gasteiger partial charge in [0.2, 0.25) is 15.9 Å². The van der Waals surface area contributed by atoms with Crippen molar-refractivity contribution in [3.63, 3.8) is 0 Å². The summed E-state index contributed by atoms with van der Waals surface area (Å²) in [5.74, 6) is -0.596. The number of hydrogen-bond acceptors (Lipinski definition) is 7. The molecule has 176 valence electrons. The van der Waals surface area contributed by atoms with E-state index in [1.54, 1.807) is 12.1 Å². The van der Waals surface area contributed by atoms with Crippen LogP contribution in [-0.4, -0.2) is 51.4 Å². The number of benzene rings is 2. The van der Waals surface area contributed by atoms with Crippen molar-refractivity contribution in [2.45, 2.75) is 22.6 Å². The number of piperidine rings is 1. The number of hydrogen-bond donors (Lipinski definition) is 1. The number of rotatable bonds is 5. The summed E-state index contributed by atoms with van der Waals surface area (Å²) in [6, 6.07) is 8.58. The molecule has 4 rings (SSSR count). The zero-order chi connectivity index (χ0) is 24.0. The van der Waals surface area contributed by atoms with E-state index in [2.05, 4.69) is 10.3 Å². The van der Waals surface area contributed by atoms with E-state index in [1.807, 2.05) is 0 Å². The monoisotopic (exact) mass is 547 g/mol. The van der Waals surface area contributed by atoms with E-state index in [0.29, 0.717) is 33.5 Å². The van der Waals surface area contributed by atoms with Crippen molar-refractivity contribution in [1.82, 2.24) is 9.29 Å². The van der Waals surface area contributed by atoms with Crippen molar-refractivity contribution in [2.24, 2.45) is 5.92 Å². The average Bonchev–Trinajstić information content (AvgIpc) is 3.19. The molecule has 33 heavy (non-hydrogen) atoms. The van der Waals surface area contributed by atoms with Crippen molar-refractivity contribution in [2.75, 3.05) is 24.7 Å². The minimum Gasteiger partial charge on any atom is -0.302 e. The van der Waals surface area contributed by atoms with Crippen LogP contribution in [0.25, 0.3) is 10.2 Å². The number of carbonyl (C=O) groups excluding carboxylic acids is 1. The molecule has 8 nitrogen and oxygen atoms in total. The summed E-state index contributed by atoms with van der Waals surface area (Å²) in [6.07, 6.45) is 1.76. The Morgan fingerprint density at radius 2 is 1.64 bits per heavy atom. The molecule has 1 aromatic heterocycles. The number of nitrogens with one attached hydrogen (secondary N) is 1. The highest BCUT2D eigenvalue weighted by Crippen LogP contribution is 2.35. The fourth-order valence-electron chi connectivity index (χ4n) is 3.56. The first kappa shape index (κ1) is 24.4. The maximum atomic E-state index is 12.9. The Morgan fingerprint density at radius 3 is 2.24 bits per heavy atom. The third kappa shape index (κ3) is 5.03. The second-order valence-corrected chi connectivity index (χ2v) is 13.4.